The van der Waals surface area contributed by atoms with Crippen LogP contribution in [0.1, 0.15) is 12.8 Å². The van der Waals surface area contributed by atoms with E-state index in [4.69, 9.17) is 10.2 Å². The Kier molecular flexibility index (Phi) is 7.58. The molecule has 0 unspecified atom stereocenters. The van der Waals surface area contributed by atoms with Gasteiger partial charge in [0.05, 0.1) is 6.61 Å². The van der Waals surface area contributed by atoms with Crippen LogP contribution in [0.5, 0.6) is 0 Å². The van der Waals surface area contributed by atoms with Gasteiger partial charge in [-0.3, -0.25) is 0 Å². The lowest BCUT2D eigenvalue weighted by Gasteiger charge is -1.81. The highest BCUT2D eigenvalue weighted by Crippen LogP contribution is 1.87. The maximum atomic E-state index is 8.31. The zero-order chi connectivity index (χ0) is 7.66. The number of hydrogen-bond donors (Lipinski definition) is 2. The summed E-state index contributed by atoms with van der Waals surface area (Å²) in [6.07, 6.45) is 5.14. The van der Waals surface area contributed by atoms with Crippen molar-refractivity contribution in [2.45, 2.75) is 12.8 Å². The van der Waals surface area contributed by atoms with E-state index < -0.39 is 0 Å². The maximum absolute atomic E-state index is 8.31. The van der Waals surface area contributed by atoms with Crippen LogP contribution in [0.4, 0.5) is 0 Å². The first-order valence-corrected chi connectivity index (χ1v) is 3.24. The van der Waals surface area contributed by atoms with Gasteiger partial charge in [-0.15, -0.1) is 5.92 Å². The first-order chi connectivity index (χ1) is 4.91. The van der Waals surface area contributed by atoms with Gasteiger partial charge >= 0.3 is 0 Å². The fourth-order valence-electron chi connectivity index (χ4n) is 0.492. The second-order valence-corrected chi connectivity index (χ2v) is 1.70. The lowest BCUT2D eigenvalue weighted by Crippen LogP contribution is -1.73. The van der Waals surface area contributed by atoms with Crippen LogP contribution in [0, 0.1) is 11.8 Å². The highest BCUT2D eigenvalue weighted by atomic mass is 16.3. The molecule has 2 N–H and O–H groups in total. The third-order valence-corrected chi connectivity index (χ3v) is 0.912. The highest BCUT2D eigenvalue weighted by molar-refractivity contribution is 5.00. The summed E-state index contributed by atoms with van der Waals surface area (Å²) in [6.45, 7) is 0.0249. The largest absolute Gasteiger partial charge is 0.392 e. The van der Waals surface area contributed by atoms with Crippen LogP contribution in [-0.2, 0) is 0 Å². The Bertz CT molecular complexity index is 139. The monoisotopic (exact) mass is 140 g/mol. The van der Waals surface area contributed by atoms with E-state index in [-0.39, 0.29) is 13.2 Å². The van der Waals surface area contributed by atoms with E-state index in [1.807, 2.05) is 6.08 Å². The zero-order valence-electron chi connectivity index (χ0n) is 5.88. The van der Waals surface area contributed by atoms with Gasteiger partial charge in [0.25, 0.3) is 0 Å². The molecule has 0 saturated heterocycles. The van der Waals surface area contributed by atoms with Crippen LogP contribution in [-0.4, -0.2) is 23.4 Å². The van der Waals surface area contributed by atoms with Crippen molar-refractivity contribution in [2.24, 2.45) is 0 Å². The number of hydrogen-bond acceptors (Lipinski definition) is 2. The molecule has 0 aromatic rings. The van der Waals surface area contributed by atoms with E-state index in [0.717, 1.165) is 12.8 Å². The fourth-order valence-corrected chi connectivity index (χ4v) is 0.492. The van der Waals surface area contributed by atoms with E-state index in [1.165, 1.54) is 0 Å². The van der Waals surface area contributed by atoms with Crippen molar-refractivity contribution in [3.05, 3.63) is 12.2 Å². The van der Waals surface area contributed by atoms with Gasteiger partial charge in [0.2, 0.25) is 0 Å². The van der Waals surface area contributed by atoms with Crippen molar-refractivity contribution in [1.82, 2.24) is 0 Å². The summed E-state index contributed by atoms with van der Waals surface area (Å²) < 4.78 is 0. The van der Waals surface area contributed by atoms with E-state index in [9.17, 15) is 0 Å². The number of aliphatic hydroxyl groups is 2. The molecule has 56 valence electrons. The molecular weight excluding hydrogens is 128 g/mol. The van der Waals surface area contributed by atoms with Crippen molar-refractivity contribution in [3.63, 3.8) is 0 Å². The Hall–Kier alpha value is -0.780. The van der Waals surface area contributed by atoms with Crippen molar-refractivity contribution in [2.75, 3.05) is 13.2 Å². The van der Waals surface area contributed by atoms with Crippen LogP contribution in [0.2, 0.25) is 0 Å². The Morgan fingerprint density at radius 3 is 2.50 bits per heavy atom. The standard InChI is InChI=1S/C8H12O2/c9-7-5-3-1-2-4-6-8-10/h3,5,9-10H,1-2,7-8H2. The lowest BCUT2D eigenvalue weighted by atomic mass is 10.3. The van der Waals surface area contributed by atoms with Crippen LogP contribution >= 0.6 is 0 Å². The molecule has 0 saturated carbocycles. The quantitative estimate of drug-likeness (QED) is 0.336. The fraction of sp³-hybridized carbons (Fsp3) is 0.500. The first-order valence-electron chi connectivity index (χ1n) is 3.24. The molecule has 0 bridgehead atoms. The molecule has 0 amide bonds. The van der Waals surface area contributed by atoms with Gasteiger partial charge in [-0.1, -0.05) is 18.1 Å². The van der Waals surface area contributed by atoms with Crippen molar-refractivity contribution in [1.29, 1.82) is 0 Å². The molecule has 10 heavy (non-hydrogen) atoms. The van der Waals surface area contributed by atoms with Crippen LogP contribution in [0.15, 0.2) is 12.2 Å². The van der Waals surface area contributed by atoms with Gasteiger partial charge in [-0.05, 0) is 6.42 Å². The SMILES string of the molecule is OCC#CCCC=CCO. The number of allylic oxidation sites excluding steroid dienone is 1. The summed E-state index contributed by atoms with van der Waals surface area (Å²) in [6, 6.07) is 0. The highest BCUT2D eigenvalue weighted by Gasteiger charge is 1.73. The molecule has 0 radical (unpaired) electrons. The molecule has 2 heteroatoms. The molecule has 0 rings (SSSR count). The van der Waals surface area contributed by atoms with E-state index in [0.29, 0.717) is 0 Å². The Morgan fingerprint density at radius 1 is 1.10 bits per heavy atom. The minimum absolute atomic E-state index is 0.0658. The topological polar surface area (TPSA) is 40.5 Å². The molecule has 0 aliphatic rings. The molecule has 0 heterocycles. The van der Waals surface area contributed by atoms with Crippen LogP contribution < -0.4 is 0 Å². The molecule has 0 aromatic heterocycles. The van der Waals surface area contributed by atoms with Crippen molar-refractivity contribution < 1.29 is 10.2 Å². The zero-order valence-corrected chi connectivity index (χ0v) is 5.88. The minimum Gasteiger partial charge on any atom is -0.392 e. The second kappa shape index (κ2) is 8.22. The smallest absolute Gasteiger partial charge is 0.104 e. The molecule has 0 aromatic carbocycles. The van der Waals surface area contributed by atoms with Crippen molar-refractivity contribution >= 4 is 0 Å². The summed E-state index contributed by atoms with van der Waals surface area (Å²) in [5.41, 5.74) is 0. The van der Waals surface area contributed by atoms with Gasteiger partial charge in [-0.25, -0.2) is 0 Å². The molecule has 0 aliphatic carbocycles. The summed E-state index contributed by atoms with van der Waals surface area (Å²) in [4.78, 5) is 0. The first kappa shape index (κ1) is 9.22. The predicted octanol–water partition coefficient (Wildman–Crippen LogP) is 0.311. The number of aliphatic hydroxyl groups excluding tert-OH is 2. The lowest BCUT2D eigenvalue weighted by molar-refractivity contribution is 0.342. The minimum atomic E-state index is -0.0658. The van der Waals surface area contributed by atoms with E-state index >= 15 is 0 Å². The van der Waals surface area contributed by atoms with Gasteiger partial charge in [0.1, 0.15) is 6.61 Å². The van der Waals surface area contributed by atoms with Gasteiger partial charge < -0.3 is 10.2 Å². The Balaban J connectivity index is 3.12. The van der Waals surface area contributed by atoms with Crippen LogP contribution in [0.25, 0.3) is 0 Å². The van der Waals surface area contributed by atoms with Gasteiger partial charge in [0, 0.05) is 6.42 Å². The molecule has 0 aliphatic heterocycles. The predicted molar refractivity (Wildman–Crippen MR) is 40.3 cm³/mol. The van der Waals surface area contributed by atoms with Gasteiger partial charge in [-0.2, -0.15) is 0 Å². The maximum Gasteiger partial charge on any atom is 0.104 e. The average molecular weight is 140 g/mol. The normalized spacial score (nSPS) is 9.40. The van der Waals surface area contributed by atoms with E-state index in [2.05, 4.69) is 11.8 Å². The molecule has 0 spiro atoms. The summed E-state index contributed by atoms with van der Waals surface area (Å²) in [5.74, 6) is 5.30. The second-order valence-electron chi connectivity index (χ2n) is 1.70. The number of rotatable bonds is 3. The van der Waals surface area contributed by atoms with Crippen LogP contribution in [0.3, 0.4) is 0 Å². The molecule has 0 fully saturated rings. The van der Waals surface area contributed by atoms with Crippen molar-refractivity contribution in [3.8, 4) is 11.8 Å². The Labute approximate surface area is 61.2 Å². The summed E-state index contributed by atoms with van der Waals surface area (Å²) in [7, 11) is 0. The third kappa shape index (κ3) is 7.22. The summed E-state index contributed by atoms with van der Waals surface area (Å²) in [5, 5.41) is 16.5. The molecule has 0 atom stereocenters. The third-order valence-electron chi connectivity index (χ3n) is 0.912. The average Bonchev–Trinajstić information content (AvgIpc) is 1.97. The van der Waals surface area contributed by atoms with E-state index in [1.54, 1.807) is 6.08 Å². The Morgan fingerprint density at radius 2 is 1.90 bits per heavy atom. The number of unbranched alkanes of at least 4 members (excludes halogenated alkanes) is 1. The summed E-state index contributed by atoms with van der Waals surface area (Å²) >= 11 is 0. The molecule has 2 nitrogen and oxygen atoms in total. The van der Waals surface area contributed by atoms with Gasteiger partial charge in [0.15, 0.2) is 0 Å². The molecular formula is C8H12O2.